The first kappa shape index (κ1) is 19.4. The number of alkyl halides is 3. The monoisotopic (exact) mass is 412 g/mol. The number of rotatable bonds is 6. The van der Waals surface area contributed by atoms with Gasteiger partial charge in [-0.3, -0.25) is 4.98 Å². The van der Waals surface area contributed by atoms with E-state index in [4.69, 9.17) is 9.15 Å². The van der Waals surface area contributed by atoms with E-state index in [1.54, 1.807) is 24.3 Å². The van der Waals surface area contributed by atoms with Crippen LogP contribution in [0.2, 0.25) is 0 Å². The van der Waals surface area contributed by atoms with Crippen molar-refractivity contribution in [1.82, 2.24) is 15.2 Å². The lowest BCUT2D eigenvalue weighted by molar-refractivity contribution is -0.141. The summed E-state index contributed by atoms with van der Waals surface area (Å²) in [5.74, 6) is 1.91. The van der Waals surface area contributed by atoms with Gasteiger partial charge in [0.25, 0.3) is 0 Å². The van der Waals surface area contributed by atoms with Crippen LogP contribution in [0.15, 0.2) is 77.3 Å². The molecule has 2 aromatic heterocycles. The highest BCUT2D eigenvalue weighted by molar-refractivity contribution is 5.54. The maximum atomic E-state index is 12.7. The van der Waals surface area contributed by atoms with Gasteiger partial charge in [-0.25, -0.2) is 0 Å². The van der Waals surface area contributed by atoms with Crippen molar-refractivity contribution < 1.29 is 22.3 Å². The van der Waals surface area contributed by atoms with E-state index in [0.717, 1.165) is 18.0 Å². The van der Waals surface area contributed by atoms with Gasteiger partial charge >= 0.3 is 6.18 Å². The van der Waals surface area contributed by atoms with Gasteiger partial charge < -0.3 is 14.5 Å². The van der Waals surface area contributed by atoms with E-state index in [2.05, 4.69) is 20.5 Å². The van der Waals surface area contributed by atoms with Gasteiger partial charge in [0.1, 0.15) is 17.2 Å². The Morgan fingerprint density at radius 1 is 0.900 bits per heavy atom. The first-order valence-electron chi connectivity index (χ1n) is 8.90. The fourth-order valence-electron chi connectivity index (χ4n) is 2.61. The molecule has 152 valence electrons. The molecule has 0 amide bonds. The van der Waals surface area contributed by atoms with Crippen LogP contribution in [0.25, 0.3) is 11.5 Å². The van der Waals surface area contributed by atoms with Crippen LogP contribution in [0.5, 0.6) is 11.5 Å². The molecule has 30 heavy (non-hydrogen) atoms. The summed E-state index contributed by atoms with van der Waals surface area (Å²) in [7, 11) is 0. The molecule has 0 saturated heterocycles. The topological polar surface area (TPSA) is 73.1 Å². The van der Waals surface area contributed by atoms with Crippen LogP contribution in [0.1, 0.15) is 11.6 Å². The molecule has 2 heterocycles. The van der Waals surface area contributed by atoms with Crippen LogP contribution >= 0.6 is 0 Å². The van der Waals surface area contributed by atoms with Crippen LogP contribution in [-0.4, -0.2) is 15.2 Å². The molecule has 1 N–H and O–H groups in total. The minimum absolute atomic E-state index is 0.0729. The van der Waals surface area contributed by atoms with Crippen LogP contribution in [0.4, 0.5) is 18.9 Å². The number of nitrogens with zero attached hydrogens (tertiary/aromatic N) is 3. The standard InChI is InChI=1S/C21H15F3N4O2/c22-21(23,24)18-12-15(10-11-25-18)26-13-19-27-28-20(30-19)14-6-8-17(9-7-14)29-16-4-2-1-3-5-16/h1-12H,13H2,(H,25,26). The molecule has 4 rings (SSSR count). The minimum Gasteiger partial charge on any atom is -0.457 e. The predicted octanol–water partition coefficient (Wildman–Crippen LogP) is 5.55. The fourth-order valence-corrected chi connectivity index (χ4v) is 2.61. The molecular formula is C21H15F3N4O2. The average Bonchev–Trinajstić information content (AvgIpc) is 3.22. The van der Waals surface area contributed by atoms with Crippen LogP contribution < -0.4 is 10.1 Å². The average molecular weight is 412 g/mol. The van der Waals surface area contributed by atoms with Gasteiger partial charge in [-0.1, -0.05) is 18.2 Å². The van der Waals surface area contributed by atoms with Crippen molar-refractivity contribution >= 4 is 5.69 Å². The molecule has 0 aliphatic carbocycles. The highest BCUT2D eigenvalue weighted by Crippen LogP contribution is 2.29. The Morgan fingerprint density at radius 3 is 2.37 bits per heavy atom. The van der Waals surface area contributed by atoms with Crippen molar-refractivity contribution in [3.8, 4) is 23.0 Å². The van der Waals surface area contributed by atoms with Crippen molar-refractivity contribution in [2.45, 2.75) is 12.7 Å². The molecule has 0 saturated carbocycles. The quantitative estimate of drug-likeness (QED) is 0.447. The van der Waals surface area contributed by atoms with Gasteiger partial charge in [0.2, 0.25) is 11.8 Å². The first-order chi connectivity index (χ1) is 14.5. The largest absolute Gasteiger partial charge is 0.457 e. The van der Waals surface area contributed by atoms with Crippen molar-refractivity contribution in [3.63, 3.8) is 0 Å². The maximum absolute atomic E-state index is 12.7. The molecule has 0 spiro atoms. The van der Waals surface area contributed by atoms with E-state index in [9.17, 15) is 13.2 Å². The lowest BCUT2D eigenvalue weighted by Gasteiger charge is -2.08. The van der Waals surface area contributed by atoms with Gasteiger partial charge in [0.05, 0.1) is 6.54 Å². The number of pyridine rings is 1. The Labute approximate surface area is 169 Å². The van der Waals surface area contributed by atoms with Crippen molar-refractivity contribution in [1.29, 1.82) is 0 Å². The van der Waals surface area contributed by atoms with Crippen molar-refractivity contribution in [2.75, 3.05) is 5.32 Å². The van der Waals surface area contributed by atoms with E-state index in [1.807, 2.05) is 30.3 Å². The molecule has 0 unspecified atom stereocenters. The second-order valence-corrected chi connectivity index (χ2v) is 6.22. The van der Waals surface area contributed by atoms with Crippen LogP contribution in [-0.2, 0) is 12.7 Å². The molecule has 0 bridgehead atoms. The SMILES string of the molecule is FC(F)(F)c1cc(NCc2nnc(-c3ccc(Oc4ccccc4)cc3)o2)ccn1. The molecule has 0 fully saturated rings. The Kier molecular flexibility index (Phi) is 5.34. The van der Waals surface area contributed by atoms with Gasteiger partial charge in [0.15, 0.2) is 0 Å². The highest BCUT2D eigenvalue weighted by Gasteiger charge is 2.32. The zero-order valence-electron chi connectivity index (χ0n) is 15.4. The molecule has 0 atom stereocenters. The number of ether oxygens (including phenoxy) is 1. The zero-order chi connectivity index (χ0) is 21.0. The molecule has 9 heteroatoms. The summed E-state index contributed by atoms with van der Waals surface area (Å²) in [6.45, 7) is 0.0729. The number of aromatic nitrogens is 3. The molecule has 0 aliphatic rings. The summed E-state index contributed by atoms with van der Waals surface area (Å²) < 4.78 is 49.5. The van der Waals surface area contributed by atoms with Gasteiger partial charge in [-0.15, -0.1) is 10.2 Å². The second-order valence-electron chi connectivity index (χ2n) is 6.22. The summed E-state index contributed by atoms with van der Waals surface area (Å²) in [5.41, 5.74) is -0.0338. The number of nitrogens with one attached hydrogen (secondary N) is 1. The second kappa shape index (κ2) is 8.24. The first-order valence-corrected chi connectivity index (χ1v) is 8.90. The van der Waals surface area contributed by atoms with Crippen LogP contribution in [0.3, 0.4) is 0 Å². The summed E-state index contributed by atoms with van der Waals surface area (Å²) >= 11 is 0. The van der Waals surface area contributed by atoms with E-state index in [-0.39, 0.29) is 18.1 Å². The highest BCUT2D eigenvalue weighted by atomic mass is 19.4. The number of halogens is 3. The molecule has 6 nitrogen and oxygen atoms in total. The fraction of sp³-hybridized carbons (Fsp3) is 0.0952. The normalized spacial score (nSPS) is 11.3. The number of para-hydroxylation sites is 1. The van der Waals surface area contributed by atoms with Gasteiger partial charge in [0, 0.05) is 17.4 Å². The summed E-state index contributed by atoms with van der Waals surface area (Å²) in [6, 6.07) is 18.8. The predicted molar refractivity (Wildman–Crippen MR) is 103 cm³/mol. The molecule has 0 radical (unpaired) electrons. The lowest BCUT2D eigenvalue weighted by Crippen LogP contribution is -2.09. The Balaban J connectivity index is 1.39. The number of hydrogen-bond donors (Lipinski definition) is 1. The maximum Gasteiger partial charge on any atom is 0.433 e. The Hall–Kier alpha value is -3.88. The third-order valence-corrected chi connectivity index (χ3v) is 4.04. The molecule has 2 aromatic carbocycles. The summed E-state index contributed by atoms with van der Waals surface area (Å²) in [6.07, 6.45) is -3.42. The lowest BCUT2D eigenvalue weighted by atomic mass is 10.2. The molecular weight excluding hydrogens is 397 g/mol. The zero-order valence-corrected chi connectivity index (χ0v) is 15.4. The smallest absolute Gasteiger partial charge is 0.433 e. The van der Waals surface area contributed by atoms with Crippen molar-refractivity contribution in [2.24, 2.45) is 0 Å². The number of anilines is 1. The van der Waals surface area contributed by atoms with Crippen molar-refractivity contribution in [3.05, 3.63) is 84.5 Å². The van der Waals surface area contributed by atoms with Gasteiger partial charge in [-0.2, -0.15) is 13.2 Å². The van der Waals surface area contributed by atoms with E-state index in [1.165, 1.54) is 6.07 Å². The van der Waals surface area contributed by atoms with E-state index >= 15 is 0 Å². The summed E-state index contributed by atoms with van der Waals surface area (Å²) in [4.78, 5) is 3.32. The third kappa shape index (κ3) is 4.75. The molecule has 0 aliphatic heterocycles. The number of benzene rings is 2. The van der Waals surface area contributed by atoms with E-state index < -0.39 is 11.9 Å². The Morgan fingerprint density at radius 2 is 1.63 bits per heavy atom. The van der Waals surface area contributed by atoms with Crippen LogP contribution in [0, 0.1) is 0 Å². The van der Waals surface area contributed by atoms with Gasteiger partial charge in [-0.05, 0) is 48.5 Å². The Bertz CT molecular complexity index is 1110. The third-order valence-electron chi connectivity index (χ3n) is 4.04. The number of hydrogen-bond acceptors (Lipinski definition) is 6. The van der Waals surface area contributed by atoms with E-state index in [0.29, 0.717) is 17.2 Å². The molecule has 4 aromatic rings. The minimum atomic E-state index is -4.51. The summed E-state index contributed by atoms with van der Waals surface area (Å²) in [5, 5.41) is 10.7.